The zero-order chi connectivity index (χ0) is 16.2. The van der Waals surface area contributed by atoms with Crippen LogP contribution in [0.15, 0.2) is 47.4 Å². The molecule has 4 heteroatoms. The van der Waals surface area contributed by atoms with E-state index in [1.807, 2.05) is 41.3 Å². The second kappa shape index (κ2) is 6.82. The van der Waals surface area contributed by atoms with Crippen LogP contribution in [0.4, 0.5) is 0 Å². The largest absolute Gasteiger partial charge is 0.335 e. The molecule has 4 nitrogen and oxygen atoms in total. The summed E-state index contributed by atoms with van der Waals surface area (Å²) in [6.45, 7) is 2.84. The number of nitrogens with zero attached hydrogens (tertiary/aromatic N) is 1. The van der Waals surface area contributed by atoms with E-state index in [1.54, 1.807) is 6.20 Å². The minimum atomic E-state index is -0.309. The minimum Gasteiger partial charge on any atom is -0.335 e. The van der Waals surface area contributed by atoms with Gasteiger partial charge in [0.15, 0.2) is 0 Å². The average molecular weight is 310 g/mol. The fourth-order valence-electron chi connectivity index (χ4n) is 3.39. The van der Waals surface area contributed by atoms with Gasteiger partial charge in [-0.1, -0.05) is 37.3 Å². The molecule has 1 aromatic heterocycles. The summed E-state index contributed by atoms with van der Waals surface area (Å²) >= 11 is 0. The Labute approximate surface area is 136 Å². The molecule has 1 saturated heterocycles. The van der Waals surface area contributed by atoms with Crippen LogP contribution in [0.3, 0.4) is 0 Å². The average Bonchev–Trinajstić information content (AvgIpc) is 2.61. The van der Waals surface area contributed by atoms with E-state index in [2.05, 4.69) is 11.9 Å². The first-order chi connectivity index (χ1) is 11.2. The molecule has 2 aromatic rings. The smallest absolute Gasteiger partial charge is 0.261 e. The molecule has 2 heterocycles. The Hall–Kier alpha value is -2.36. The molecular formula is C19H22N2O2. The summed E-state index contributed by atoms with van der Waals surface area (Å²) in [4.78, 5) is 30.0. The lowest BCUT2D eigenvalue weighted by atomic mass is 9.96. The highest BCUT2D eigenvalue weighted by Crippen LogP contribution is 2.26. The predicted molar refractivity (Wildman–Crippen MR) is 91.5 cm³/mol. The molecule has 1 fully saturated rings. The van der Waals surface area contributed by atoms with Crippen LogP contribution in [0.25, 0.3) is 11.1 Å². The van der Waals surface area contributed by atoms with Gasteiger partial charge in [-0.3, -0.25) is 9.59 Å². The molecule has 0 radical (unpaired) electrons. The van der Waals surface area contributed by atoms with Gasteiger partial charge < -0.3 is 9.88 Å². The zero-order valence-electron chi connectivity index (χ0n) is 13.4. The number of amides is 1. The van der Waals surface area contributed by atoms with E-state index in [-0.39, 0.29) is 23.1 Å². The fourth-order valence-corrected chi connectivity index (χ4v) is 3.39. The molecule has 1 unspecified atom stereocenters. The second-order valence-corrected chi connectivity index (χ2v) is 6.02. The van der Waals surface area contributed by atoms with E-state index in [4.69, 9.17) is 0 Å². The van der Waals surface area contributed by atoms with Crippen LogP contribution in [0.5, 0.6) is 0 Å². The van der Waals surface area contributed by atoms with Crippen molar-refractivity contribution in [2.75, 3.05) is 6.54 Å². The molecule has 0 saturated carbocycles. The number of piperidine rings is 1. The van der Waals surface area contributed by atoms with Crippen molar-refractivity contribution < 1.29 is 4.79 Å². The van der Waals surface area contributed by atoms with Gasteiger partial charge in [-0.05, 0) is 37.3 Å². The Morgan fingerprint density at radius 2 is 2.00 bits per heavy atom. The van der Waals surface area contributed by atoms with Crippen molar-refractivity contribution in [1.29, 1.82) is 0 Å². The highest BCUT2D eigenvalue weighted by atomic mass is 16.2. The molecular weight excluding hydrogens is 288 g/mol. The van der Waals surface area contributed by atoms with Gasteiger partial charge in [0.2, 0.25) is 0 Å². The number of rotatable bonds is 3. The van der Waals surface area contributed by atoms with Crippen LogP contribution in [0, 0.1) is 0 Å². The van der Waals surface area contributed by atoms with Gasteiger partial charge in [0, 0.05) is 24.3 Å². The van der Waals surface area contributed by atoms with Crippen molar-refractivity contribution in [3.05, 3.63) is 58.5 Å². The van der Waals surface area contributed by atoms with E-state index in [9.17, 15) is 9.59 Å². The molecule has 0 aliphatic carbocycles. The van der Waals surface area contributed by atoms with Crippen molar-refractivity contribution in [2.24, 2.45) is 0 Å². The second-order valence-electron chi connectivity index (χ2n) is 6.02. The van der Waals surface area contributed by atoms with Crippen LogP contribution in [-0.2, 0) is 0 Å². The summed E-state index contributed by atoms with van der Waals surface area (Å²) in [5, 5.41) is 0. The van der Waals surface area contributed by atoms with E-state index in [0.717, 1.165) is 37.8 Å². The fraction of sp³-hybridized carbons (Fsp3) is 0.368. The lowest BCUT2D eigenvalue weighted by Gasteiger charge is -2.35. The number of hydrogen-bond donors (Lipinski definition) is 1. The van der Waals surface area contributed by atoms with E-state index in [1.165, 1.54) is 0 Å². The van der Waals surface area contributed by atoms with E-state index in [0.29, 0.717) is 5.56 Å². The van der Waals surface area contributed by atoms with Crippen molar-refractivity contribution in [3.8, 4) is 11.1 Å². The maximum atomic E-state index is 13.1. The quantitative estimate of drug-likeness (QED) is 0.944. The van der Waals surface area contributed by atoms with Crippen molar-refractivity contribution in [1.82, 2.24) is 9.88 Å². The van der Waals surface area contributed by atoms with E-state index >= 15 is 0 Å². The number of pyridine rings is 1. The topological polar surface area (TPSA) is 53.2 Å². The van der Waals surface area contributed by atoms with E-state index < -0.39 is 0 Å². The van der Waals surface area contributed by atoms with Crippen molar-refractivity contribution in [3.63, 3.8) is 0 Å². The van der Waals surface area contributed by atoms with Gasteiger partial charge in [-0.2, -0.15) is 0 Å². The first-order valence-electron chi connectivity index (χ1n) is 8.30. The van der Waals surface area contributed by atoms with Crippen LogP contribution >= 0.6 is 0 Å². The summed E-state index contributed by atoms with van der Waals surface area (Å²) in [5.41, 5.74) is 1.56. The Kier molecular flexibility index (Phi) is 4.60. The van der Waals surface area contributed by atoms with Gasteiger partial charge in [0.05, 0.1) is 0 Å². The molecule has 120 valence electrons. The molecule has 1 amide bonds. The minimum absolute atomic E-state index is 0.141. The predicted octanol–water partition coefficient (Wildman–Crippen LogP) is 3.45. The summed E-state index contributed by atoms with van der Waals surface area (Å²) < 4.78 is 0. The molecule has 0 bridgehead atoms. The third-order valence-electron chi connectivity index (χ3n) is 4.62. The summed E-state index contributed by atoms with van der Waals surface area (Å²) in [6, 6.07) is 11.7. The Morgan fingerprint density at radius 3 is 2.74 bits per heavy atom. The lowest BCUT2D eigenvalue weighted by molar-refractivity contribution is 0.0607. The normalized spacial score (nSPS) is 18.0. The van der Waals surface area contributed by atoms with Gasteiger partial charge in [0.1, 0.15) is 5.56 Å². The summed E-state index contributed by atoms with van der Waals surface area (Å²) in [5.74, 6) is -0.141. The number of hydrogen-bond acceptors (Lipinski definition) is 2. The number of nitrogens with one attached hydrogen (secondary N) is 1. The summed E-state index contributed by atoms with van der Waals surface area (Å²) in [7, 11) is 0. The highest BCUT2D eigenvalue weighted by molar-refractivity contribution is 6.00. The molecule has 1 N–H and O–H groups in total. The molecule has 0 spiro atoms. The van der Waals surface area contributed by atoms with Gasteiger partial charge >= 0.3 is 0 Å². The Morgan fingerprint density at radius 1 is 1.22 bits per heavy atom. The molecule has 3 rings (SSSR count). The number of aromatic amines is 1. The molecule has 1 aliphatic heterocycles. The Bertz CT molecular complexity index is 737. The van der Waals surface area contributed by atoms with Crippen LogP contribution in [0.1, 0.15) is 43.0 Å². The molecule has 1 atom stereocenters. The highest BCUT2D eigenvalue weighted by Gasteiger charge is 2.29. The molecule has 1 aromatic carbocycles. The Balaban J connectivity index is 2.05. The van der Waals surface area contributed by atoms with Gasteiger partial charge in [-0.15, -0.1) is 0 Å². The van der Waals surface area contributed by atoms with Crippen LogP contribution in [0.2, 0.25) is 0 Å². The lowest BCUT2D eigenvalue weighted by Crippen LogP contribution is -2.45. The number of carbonyl (C=O) groups is 1. The number of H-pyrrole nitrogens is 1. The number of carbonyl (C=O) groups excluding carboxylic acids is 1. The van der Waals surface area contributed by atoms with Gasteiger partial charge in [0.25, 0.3) is 11.5 Å². The first kappa shape index (κ1) is 15.5. The van der Waals surface area contributed by atoms with Crippen molar-refractivity contribution in [2.45, 2.75) is 38.6 Å². The van der Waals surface area contributed by atoms with Gasteiger partial charge in [-0.25, -0.2) is 0 Å². The monoisotopic (exact) mass is 310 g/mol. The third kappa shape index (κ3) is 3.07. The SMILES string of the molecule is CCC1CCCCN1C(=O)c1c(-c2ccccc2)cc[nH]c1=O. The number of likely N-dealkylation sites (tertiary alicyclic amines) is 1. The van der Waals surface area contributed by atoms with Crippen LogP contribution < -0.4 is 5.56 Å². The molecule has 1 aliphatic rings. The summed E-state index contributed by atoms with van der Waals surface area (Å²) in [6.07, 6.45) is 5.71. The van der Waals surface area contributed by atoms with Crippen LogP contribution in [-0.4, -0.2) is 28.4 Å². The zero-order valence-corrected chi connectivity index (χ0v) is 13.4. The van der Waals surface area contributed by atoms with Crippen molar-refractivity contribution >= 4 is 5.91 Å². The maximum absolute atomic E-state index is 13.1. The first-order valence-corrected chi connectivity index (χ1v) is 8.30. The maximum Gasteiger partial charge on any atom is 0.261 e. The standard InChI is InChI=1S/C19H22N2O2/c1-2-15-10-6-7-13-21(15)19(23)17-16(11-12-20-18(17)22)14-8-4-3-5-9-14/h3-5,8-9,11-12,15H,2,6-7,10,13H2,1H3,(H,20,22). The third-order valence-corrected chi connectivity index (χ3v) is 4.62. The number of aromatic nitrogens is 1. The molecule has 23 heavy (non-hydrogen) atoms. The number of benzene rings is 1.